The minimum atomic E-state index is -0.807. The Balaban J connectivity index is 1.82. The molecule has 0 saturated heterocycles. The molecule has 0 spiro atoms. The highest BCUT2D eigenvalue weighted by Crippen LogP contribution is 2.14. The summed E-state index contributed by atoms with van der Waals surface area (Å²) < 4.78 is 20.0. The number of tetrazole rings is 1. The molecule has 0 saturated carbocycles. The maximum absolute atomic E-state index is 13.7. The topological polar surface area (TPSA) is 87.0 Å². The number of carbonyl (C=O) groups excluding carboxylic acids is 2. The van der Waals surface area contributed by atoms with Crippen LogP contribution in [0.5, 0.6) is 0 Å². The number of hydrogen-bond donors (Lipinski definition) is 0. The van der Waals surface area contributed by atoms with Crippen LogP contribution in [0.15, 0.2) is 54.6 Å². The van der Waals surface area contributed by atoms with Gasteiger partial charge in [-0.15, -0.1) is 5.10 Å². The van der Waals surface area contributed by atoms with Gasteiger partial charge in [0.05, 0.1) is 5.56 Å². The van der Waals surface area contributed by atoms with Gasteiger partial charge in [-0.25, -0.2) is 9.18 Å². The summed E-state index contributed by atoms with van der Waals surface area (Å²) in [7, 11) is 0. The van der Waals surface area contributed by atoms with Gasteiger partial charge in [-0.3, -0.25) is 4.79 Å². The Labute approximate surface area is 154 Å². The van der Waals surface area contributed by atoms with Crippen LogP contribution in [-0.4, -0.2) is 38.6 Å². The van der Waals surface area contributed by atoms with Crippen molar-refractivity contribution in [3.63, 3.8) is 0 Å². The number of rotatable bonds is 6. The Morgan fingerprint density at radius 2 is 1.81 bits per heavy atom. The third-order valence-corrected chi connectivity index (χ3v) is 3.67. The summed E-state index contributed by atoms with van der Waals surface area (Å²) >= 11 is 0. The lowest BCUT2D eigenvalue weighted by molar-refractivity contribution is -0.136. The Hall–Kier alpha value is -3.68. The number of ether oxygens (including phenoxy) is 1. The maximum Gasteiger partial charge on any atom is 0.357 e. The number of aryl methyl sites for hydroxylation is 1. The van der Waals surface area contributed by atoms with Crippen LogP contribution in [0.1, 0.15) is 21.7 Å². The van der Waals surface area contributed by atoms with Crippen LogP contribution in [0.2, 0.25) is 0 Å². The second-order valence-corrected chi connectivity index (χ2v) is 5.56. The van der Waals surface area contributed by atoms with Gasteiger partial charge < -0.3 is 4.74 Å². The van der Waals surface area contributed by atoms with Gasteiger partial charge in [-0.05, 0) is 41.1 Å². The minimum Gasteiger partial charge on any atom is -0.453 e. The van der Waals surface area contributed by atoms with Gasteiger partial charge in [-0.2, -0.15) is 4.68 Å². The number of halogens is 1. The standard InChI is InChI=1S/C19H15FN4O3/c1-13-21-22-23-24(13)17(11-14-7-3-2-4-8-14)19(26)27-12-18(25)15-9-5-6-10-16(15)20/h2-11H,12H2,1H3/b17-11-. The predicted molar refractivity (Wildman–Crippen MR) is 94.9 cm³/mol. The highest BCUT2D eigenvalue weighted by molar-refractivity contribution is 6.16. The number of ketones is 1. The number of aromatic nitrogens is 4. The van der Waals surface area contributed by atoms with Crippen LogP contribution >= 0.6 is 0 Å². The molecule has 0 N–H and O–H groups in total. The zero-order valence-corrected chi connectivity index (χ0v) is 14.4. The highest BCUT2D eigenvalue weighted by Gasteiger charge is 2.20. The van der Waals surface area contributed by atoms with Crippen molar-refractivity contribution in [2.24, 2.45) is 0 Å². The van der Waals surface area contributed by atoms with Gasteiger partial charge in [0.2, 0.25) is 5.78 Å². The van der Waals surface area contributed by atoms with Crippen molar-refractivity contribution in [1.82, 2.24) is 20.2 Å². The van der Waals surface area contributed by atoms with Crippen molar-refractivity contribution < 1.29 is 18.7 Å². The van der Waals surface area contributed by atoms with E-state index in [0.29, 0.717) is 5.82 Å². The average molecular weight is 366 g/mol. The fourth-order valence-electron chi connectivity index (χ4n) is 2.34. The maximum atomic E-state index is 13.7. The van der Waals surface area contributed by atoms with Crippen molar-refractivity contribution in [3.8, 4) is 0 Å². The molecule has 3 rings (SSSR count). The van der Waals surface area contributed by atoms with Crippen molar-refractivity contribution >= 4 is 23.5 Å². The number of nitrogens with zero attached hydrogens (tertiary/aromatic N) is 4. The molecule has 0 aliphatic carbocycles. The van der Waals surface area contributed by atoms with E-state index in [1.165, 1.54) is 28.9 Å². The van der Waals surface area contributed by atoms with E-state index in [1.54, 1.807) is 25.1 Å². The zero-order valence-electron chi connectivity index (χ0n) is 14.4. The SMILES string of the molecule is Cc1nnnn1/C(=C\c1ccccc1)C(=O)OCC(=O)c1ccccc1F. The molecular formula is C19H15FN4O3. The predicted octanol–water partition coefficient (Wildman–Crippen LogP) is 2.54. The highest BCUT2D eigenvalue weighted by atomic mass is 19.1. The summed E-state index contributed by atoms with van der Waals surface area (Å²) in [5.74, 6) is -1.75. The van der Waals surface area contributed by atoms with Gasteiger partial charge in [0, 0.05) is 0 Å². The molecule has 0 radical (unpaired) electrons. The molecule has 0 unspecified atom stereocenters. The molecule has 0 aliphatic rings. The van der Waals surface area contributed by atoms with E-state index < -0.39 is 24.2 Å². The molecule has 0 atom stereocenters. The summed E-state index contributed by atoms with van der Waals surface area (Å²) in [5, 5.41) is 11.0. The molecule has 7 nitrogen and oxygen atoms in total. The van der Waals surface area contributed by atoms with Crippen LogP contribution in [0.25, 0.3) is 11.8 Å². The lowest BCUT2D eigenvalue weighted by atomic mass is 10.1. The molecule has 0 amide bonds. The molecule has 0 bridgehead atoms. The number of esters is 1. The minimum absolute atomic E-state index is 0.0324. The number of benzene rings is 2. The molecule has 0 aliphatic heterocycles. The van der Waals surface area contributed by atoms with E-state index in [-0.39, 0.29) is 11.3 Å². The lowest BCUT2D eigenvalue weighted by Gasteiger charge is -2.09. The fourth-order valence-corrected chi connectivity index (χ4v) is 2.34. The molecule has 1 heterocycles. The molecule has 2 aromatic carbocycles. The van der Waals surface area contributed by atoms with Crippen molar-refractivity contribution in [1.29, 1.82) is 0 Å². The largest absolute Gasteiger partial charge is 0.453 e. The summed E-state index contributed by atoms with van der Waals surface area (Å²) in [6.07, 6.45) is 1.54. The van der Waals surface area contributed by atoms with Crippen LogP contribution < -0.4 is 0 Å². The van der Waals surface area contributed by atoms with Crippen LogP contribution in [0.3, 0.4) is 0 Å². The molecule has 3 aromatic rings. The van der Waals surface area contributed by atoms with E-state index in [4.69, 9.17) is 4.74 Å². The second kappa shape index (κ2) is 8.13. The molecule has 8 heteroatoms. The van der Waals surface area contributed by atoms with E-state index in [0.717, 1.165) is 5.56 Å². The Morgan fingerprint density at radius 1 is 1.11 bits per heavy atom. The molecule has 27 heavy (non-hydrogen) atoms. The van der Waals surface area contributed by atoms with Gasteiger partial charge >= 0.3 is 5.97 Å². The van der Waals surface area contributed by atoms with Gasteiger partial charge in [0.1, 0.15) is 5.82 Å². The fraction of sp³-hybridized carbons (Fsp3) is 0.105. The molecular weight excluding hydrogens is 351 g/mol. The van der Waals surface area contributed by atoms with Gasteiger partial charge in [0.25, 0.3) is 0 Å². The molecule has 0 fully saturated rings. The number of Topliss-reactive ketones (excluding diaryl/α,β-unsaturated/α-hetero) is 1. The lowest BCUT2D eigenvalue weighted by Crippen LogP contribution is -2.19. The Morgan fingerprint density at radius 3 is 2.48 bits per heavy atom. The number of carbonyl (C=O) groups is 2. The van der Waals surface area contributed by atoms with E-state index in [2.05, 4.69) is 15.5 Å². The van der Waals surface area contributed by atoms with Crippen molar-refractivity contribution in [2.45, 2.75) is 6.92 Å². The Bertz CT molecular complexity index is 999. The second-order valence-electron chi connectivity index (χ2n) is 5.56. The van der Waals surface area contributed by atoms with Crippen LogP contribution in [0.4, 0.5) is 4.39 Å². The molecule has 136 valence electrons. The van der Waals surface area contributed by atoms with Crippen molar-refractivity contribution in [2.75, 3.05) is 6.61 Å². The quantitative estimate of drug-likeness (QED) is 0.379. The first kappa shape index (κ1) is 18.1. The van der Waals surface area contributed by atoms with Gasteiger partial charge in [-0.1, -0.05) is 42.5 Å². The first-order valence-electron chi connectivity index (χ1n) is 8.03. The summed E-state index contributed by atoms with van der Waals surface area (Å²) in [6.45, 7) is 1.02. The molecule has 1 aromatic heterocycles. The summed E-state index contributed by atoms with van der Waals surface area (Å²) in [4.78, 5) is 24.7. The normalized spacial score (nSPS) is 11.3. The zero-order chi connectivity index (χ0) is 19.2. The Kier molecular flexibility index (Phi) is 5.46. The first-order valence-corrected chi connectivity index (χ1v) is 8.03. The number of hydrogen-bond acceptors (Lipinski definition) is 6. The summed E-state index contributed by atoms with van der Waals surface area (Å²) in [5.41, 5.74) is 0.613. The average Bonchev–Trinajstić information content (AvgIpc) is 3.10. The first-order chi connectivity index (χ1) is 13.1. The smallest absolute Gasteiger partial charge is 0.357 e. The van der Waals surface area contributed by atoms with E-state index >= 15 is 0 Å². The van der Waals surface area contributed by atoms with Crippen LogP contribution in [0, 0.1) is 12.7 Å². The van der Waals surface area contributed by atoms with Crippen molar-refractivity contribution in [3.05, 3.63) is 77.4 Å². The van der Waals surface area contributed by atoms with E-state index in [1.807, 2.05) is 18.2 Å². The third kappa shape index (κ3) is 4.30. The van der Waals surface area contributed by atoms with E-state index in [9.17, 15) is 14.0 Å². The monoisotopic (exact) mass is 366 g/mol. The van der Waals surface area contributed by atoms with Gasteiger partial charge in [0.15, 0.2) is 18.1 Å². The summed E-state index contributed by atoms with van der Waals surface area (Å²) in [6, 6.07) is 14.5. The third-order valence-electron chi connectivity index (χ3n) is 3.67. The van der Waals surface area contributed by atoms with Crippen LogP contribution in [-0.2, 0) is 9.53 Å².